The number of nitrogens with zero attached hydrogens (tertiary/aromatic N) is 1. The topological polar surface area (TPSA) is 36.1 Å². The number of nitrogens with one attached hydrogen (secondary N) is 1. The van der Waals surface area contributed by atoms with Crippen LogP contribution in [0.4, 0.5) is 0 Å². The number of rotatable bonds is 5. The van der Waals surface area contributed by atoms with Crippen molar-refractivity contribution in [2.45, 2.75) is 33.9 Å². The molecular formula is C21H23ClN2O. The molecule has 4 heteroatoms. The van der Waals surface area contributed by atoms with E-state index >= 15 is 0 Å². The zero-order chi connectivity index (χ0) is 18.0. The van der Waals surface area contributed by atoms with Gasteiger partial charge in [0.05, 0.1) is 5.52 Å². The Bertz CT molecular complexity index is 945. The summed E-state index contributed by atoms with van der Waals surface area (Å²) >= 11 is 5.96. The van der Waals surface area contributed by atoms with E-state index in [1.54, 1.807) is 6.07 Å². The van der Waals surface area contributed by atoms with Gasteiger partial charge in [0.15, 0.2) is 5.43 Å². The van der Waals surface area contributed by atoms with Crippen molar-refractivity contribution >= 4 is 22.5 Å². The number of aryl methyl sites for hydroxylation is 2. The van der Waals surface area contributed by atoms with Gasteiger partial charge in [-0.3, -0.25) is 9.69 Å². The van der Waals surface area contributed by atoms with Crippen LogP contribution in [0, 0.1) is 13.8 Å². The smallest absolute Gasteiger partial charge is 0.189 e. The molecule has 1 aromatic heterocycles. The first kappa shape index (κ1) is 17.7. The van der Waals surface area contributed by atoms with E-state index in [1.807, 2.05) is 44.2 Å². The second kappa shape index (κ2) is 7.42. The fourth-order valence-electron chi connectivity index (χ4n) is 3.21. The lowest BCUT2D eigenvalue weighted by Crippen LogP contribution is -2.23. The van der Waals surface area contributed by atoms with Crippen LogP contribution in [-0.4, -0.2) is 16.4 Å². The largest absolute Gasteiger partial charge is 0.357 e. The Morgan fingerprint density at radius 3 is 2.44 bits per heavy atom. The lowest BCUT2D eigenvalue weighted by Gasteiger charge is -2.21. The van der Waals surface area contributed by atoms with Crippen LogP contribution in [0.25, 0.3) is 10.9 Å². The number of aromatic nitrogens is 1. The number of pyridine rings is 1. The number of H-pyrrole nitrogens is 1. The van der Waals surface area contributed by atoms with Gasteiger partial charge >= 0.3 is 0 Å². The van der Waals surface area contributed by atoms with Gasteiger partial charge in [0.1, 0.15) is 0 Å². The van der Waals surface area contributed by atoms with Crippen molar-refractivity contribution in [2.24, 2.45) is 0 Å². The number of halogens is 1. The van der Waals surface area contributed by atoms with Crippen molar-refractivity contribution in [1.82, 2.24) is 9.88 Å². The van der Waals surface area contributed by atoms with Crippen molar-refractivity contribution in [1.29, 1.82) is 0 Å². The van der Waals surface area contributed by atoms with Gasteiger partial charge in [-0.25, -0.2) is 0 Å². The van der Waals surface area contributed by atoms with Crippen LogP contribution in [0.15, 0.2) is 47.3 Å². The molecule has 0 fully saturated rings. The van der Waals surface area contributed by atoms with E-state index in [2.05, 4.69) is 22.9 Å². The summed E-state index contributed by atoms with van der Waals surface area (Å²) in [6.07, 6.45) is 0. The molecule has 0 saturated carbocycles. The molecule has 2 aromatic carbocycles. The zero-order valence-electron chi connectivity index (χ0n) is 14.9. The van der Waals surface area contributed by atoms with E-state index in [-0.39, 0.29) is 5.43 Å². The van der Waals surface area contributed by atoms with Gasteiger partial charge in [-0.2, -0.15) is 0 Å². The Morgan fingerprint density at radius 2 is 1.76 bits per heavy atom. The molecule has 0 radical (unpaired) electrons. The van der Waals surface area contributed by atoms with Crippen LogP contribution in [0.5, 0.6) is 0 Å². The third kappa shape index (κ3) is 4.12. The van der Waals surface area contributed by atoms with Gasteiger partial charge in [0.25, 0.3) is 0 Å². The molecule has 25 heavy (non-hydrogen) atoms. The number of fused-ring (bicyclic) bond motifs is 1. The van der Waals surface area contributed by atoms with Crippen LogP contribution < -0.4 is 5.43 Å². The molecular weight excluding hydrogens is 332 g/mol. The molecule has 3 rings (SSSR count). The highest BCUT2D eigenvalue weighted by molar-refractivity contribution is 6.30. The van der Waals surface area contributed by atoms with Crippen LogP contribution >= 0.6 is 11.6 Å². The highest BCUT2D eigenvalue weighted by Gasteiger charge is 2.09. The molecule has 0 saturated heterocycles. The molecule has 0 spiro atoms. The first-order chi connectivity index (χ1) is 12.0. The van der Waals surface area contributed by atoms with Crippen molar-refractivity contribution in [3.05, 3.63) is 80.1 Å². The molecule has 0 bridgehead atoms. The maximum Gasteiger partial charge on any atom is 0.189 e. The number of hydrogen-bond donors (Lipinski definition) is 1. The predicted octanol–water partition coefficient (Wildman–Crippen LogP) is 4.82. The Hall–Kier alpha value is -2.10. The average molecular weight is 355 g/mol. The first-order valence-electron chi connectivity index (χ1n) is 8.56. The second-order valence-electron chi connectivity index (χ2n) is 6.59. The number of aromatic amines is 1. The van der Waals surface area contributed by atoms with E-state index in [0.29, 0.717) is 6.54 Å². The second-order valence-corrected chi connectivity index (χ2v) is 7.03. The SMILES string of the molecule is CCN(Cc1ccc(Cl)cc1)Cc1cc(=O)c2cc(C)cc(C)c2[nH]1. The number of hydrogen-bond acceptors (Lipinski definition) is 2. The third-order valence-corrected chi connectivity index (χ3v) is 4.75. The maximum atomic E-state index is 12.5. The summed E-state index contributed by atoms with van der Waals surface area (Å²) in [5, 5.41) is 1.51. The van der Waals surface area contributed by atoms with E-state index < -0.39 is 0 Å². The highest BCUT2D eigenvalue weighted by Crippen LogP contribution is 2.17. The molecule has 0 amide bonds. The Morgan fingerprint density at radius 1 is 1.04 bits per heavy atom. The van der Waals surface area contributed by atoms with E-state index in [1.165, 1.54) is 5.56 Å². The minimum absolute atomic E-state index is 0.0816. The van der Waals surface area contributed by atoms with Crippen LogP contribution in [0.2, 0.25) is 5.02 Å². The molecule has 0 unspecified atom stereocenters. The molecule has 130 valence electrons. The molecule has 0 atom stereocenters. The summed E-state index contributed by atoms with van der Waals surface area (Å²) in [6, 6.07) is 13.7. The Balaban J connectivity index is 1.88. The standard InChI is InChI=1S/C21H23ClN2O/c1-4-24(12-16-5-7-17(22)8-6-16)13-18-11-20(25)19-10-14(2)9-15(3)21(19)23-18/h5-11H,4,12-13H2,1-3H3,(H,23,25). The summed E-state index contributed by atoms with van der Waals surface area (Å²) in [7, 11) is 0. The molecule has 0 aliphatic carbocycles. The average Bonchev–Trinajstić information content (AvgIpc) is 2.57. The molecule has 3 nitrogen and oxygen atoms in total. The van der Waals surface area contributed by atoms with Crippen LogP contribution in [0.1, 0.15) is 29.3 Å². The zero-order valence-corrected chi connectivity index (χ0v) is 15.7. The Kier molecular flexibility index (Phi) is 5.26. The lowest BCUT2D eigenvalue weighted by molar-refractivity contribution is 0.268. The normalized spacial score (nSPS) is 11.4. The Labute approximate surface area is 153 Å². The summed E-state index contributed by atoms with van der Waals surface area (Å²) in [6.45, 7) is 8.61. The fraction of sp³-hybridized carbons (Fsp3) is 0.286. The molecule has 0 aliphatic rings. The van der Waals surface area contributed by atoms with Crippen molar-refractivity contribution < 1.29 is 0 Å². The molecule has 3 aromatic rings. The summed E-state index contributed by atoms with van der Waals surface area (Å²) < 4.78 is 0. The monoisotopic (exact) mass is 354 g/mol. The van der Waals surface area contributed by atoms with Gasteiger partial charge in [-0.1, -0.05) is 36.7 Å². The summed E-state index contributed by atoms with van der Waals surface area (Å²) in [5.41, 5.74) is 5.39. The molecule has 0 aliphatic heterocycles. The first-order valence-corrected chi connectivity index (χ1v) is 8.94. The maximum absolute atomic E-state index is 12.5. The minimum Gasteiger partial charge on any atom is -0.357 e. The van der Waals surface area contributed by atoms with Gasteiger partial charge in [-0.15, -0.1) is 0 Å². The van der Waals surface area contributed by atoms with Gasteiger partial charge in [0, 0.05) is 35.3 Å². The van der Waals surface area contributed by atoms with E-state index in [4.69, 9.17) is 11.6 Å². The lowest BCUT2D eigenvalue weighted by atomic mass is 10.1. The van der Waals surface area contributed by atoms with Gasteiger partial charge in [-0.05, 0) is 55.3 Å². The van der Waals surface area contributed by atoms with E-state index in [9.17, 15) is 4.79 Å². The fourth-order valence-corrected chi connectivity index (χ4v) is 3.34. The third-order valence-electron chi connectivity index (χ3n) is 4.50. The highest BCUT2D eigenvalue weighted by atomic mass is 35.5. The van der Waals surface area contributed by atoms with Gasteiger partial charge in [0.2, 0.25) is 0 Å². The van der Waals surface area contributed by atoms with Crippen molar-refractivity contribution in [2.75, 3.05) is 6.54 Å². The quantitative estimate of drug-likeness (QED) is 0.713. The van der Waals surface area contributed by atoms with Gasteiger partial charge < -0.3 is 4.98 Å². The van der Waals surface area contributed by atoms with Crippen molar-refractivity contribution in [3.8, 4) is 0 Å². The summed E-state index contributed by atoms with van der Waals surface area (Å²) in [5.74, 6) is 0. The van der Waals surface area contributed by atoms with Crippen LogP contribution in [0.3, 0.4) is 0 Å². The van der Waals surface area contributed by atoms with E-state index in [0.717, 1.165) is 45.8 Å². The minimum atomic E-state index is 0.0816. The molecule has 1 heterocycles. The van der Waals surface area contributed by atoms with Crippen molar-refractivity contribution in [3.63, 3.8) is 0 Å². The summed E-state index contributed by atoms with van der Waals surface area (Å²) in [4.78, 5) is 18.3. The van der Waals surface area contributed by atoms with Crippen LogP contribution in [-0.2, 0) is 13.1 Å². The predicted molar refractivity (Wildman–Crippen MR) is 105 cm³/mol. The number of benzene rings is 2. The molecule has 1 N–H and O–H groups in total.